The molecular weight excluding hydrogens is 349 g/mol. The van der Waals surface area contributed by atoms with Crippen LogP contribution in [0.15, 0.2) is 24.3 Å². The Hall–Kier alpha value is -1.70. The molecule has 2 N–H and O–H groups in total. The highest BCUT2D eigenvalue weighted by atomic mass is 35.5. The first-order valence-electron chi connectivity index (χ1n) is 8.14. The molecule has 2 rings (SSSR count). The fraction of sp³-hybridized carbons (Fsp3) is 0.529. The van der Waals surface area contributed by atoms with Gasteiger partial charge in [-0.25, -0.2) is 4.39 Å². The molecule has 6 nitrogen and oxygen atoms in total. The zero-order valence-corrected chi connectivity index (χ0v) is 15.1. The normalized spacial score (nSPS) is 18.3. The monoisotopic (exact) mass is 373 g/mol. The van der Waals surface area contributed by atoms with Gasteiger partial charge >= 0.3 is 5.97 Å². The molecule has 0 bridgehead atoms. The van der Waals surface area contributed by atoms with Crippen molar-refractivity contribution in [1.82, 2.24) is 9.80 Å². The van der Waals surface area contributed by atoms with Gasteiger partial charge in [0, 0.05) is 12.6 Å². The van der Waals surface area contributed by atoms with E-state index in [4.69, 9.17) is 5.11 Å². The first-order valence-corrected chi connectivity index (χ1v) is 8.14. The second kappa shape index (κ2) is 10.3. The Bertz CT molecular complexity index is 588. The number of rotatable bonds is 6. The number of hydrogen-bond acceptors (Lipinski definition) is 4. The fourth-order valence-electron chi connectivity index (χ4n) is 3.03. The van der Waals surface area contributed by atoms with E-state index >= 15 is 0 Å². The Labute approximate surface area is 153 Å². The Morgan fingerprint density at radius 3 is 2.72 bits per heavy atom. The summed E-state index contributed by atoms with van der Waals surface area (Å²) >= 11 is 0. The molecule has 1 unspecified atom stereocenters. The highest BCUT2D eigenvalue weighted by Gasteiger charge is 2.22. The molecule has 0 spiro atoms. The van der Waals surface area contributed by atoms with Gasteiger partial charge in [-0.05, 0) is 45.0 Å². The standard InChI is InChI=1S/C17H24FN3O3.ClH/c1-20(12-17(23)24)13-5-4-9-21(10-8-13)11-16(22)19-15-7-3-2-6-14(15)18;/h2-3,6-7,13H,4-5,8-12H2,1H3,(H,19,22)(H,23,24);1H. The van der Waals surface area contributed by atoms with Crippen molar-refractivity contribution >= 4 is 30.0 Å². The van der Waals surface area contributed by atoms with Gasteiger partial charge < -0.3 is 10.4 Å². The number of hydrogen-bond donors (Lipinski definition) is 2. The fourth-order valence-corrected chi connectivity index (χ4v) is 3.03. The number of carboxylic acids is 1. The van der Waals surface area contributed by atoms with Gasteiger partial charge in [0.1, 0.15) is 5.82 Å². The zero-order valence-electron chi connectivity index (χ0n) is 14.3. The second-order valence-electron chi connectivity index (χ2n) is 6.20. The Morgan fingerprint density at radius 1 is 1.32 bits per heavy atom. The number of amides is 1. The van der Waals surface area contributed by atoms with E-state index < -0.39 is 11.8 Å². The van der Waals surface area contributed by atoms with Crippen LogP contribution in [0.3, 0.4) is 0 Å². The number of aliphatic carboxylic acids is 1. The topological polar surface area (TPSA) is 72.9 Å². The summed E-state index contributed by atoms with van der Waals surface area (Å²) in [7, 11) is 1.82. The molecule has 0 radical (unpaired) electrons. The number of halogens is 2. The van der Waals surface area contributed by atoms with E-state index in [-0.39, 0.29) is 43.1 Å². The summed E-state index contributed by atoms with van der Waals surface area (Å²) in [5, 5.41) is 11.5. The van der Waals surface area contributed by atoms with Gasteiger partial charge in [0.2, 0.25) is 5.91 Å². The van der Waals surface area contributed by atoms with Crippen LogP contribution in [0.5, 0.6) is 0 Å². The molecule has 1 aliphatic heterocycles. The number of benzene rings is 1. The van der Waals surface area contributed by atoms with E-state index in [0.29, 0.717) is 0 Å². The van der Waals surface area contributed by atoms with E-state index in [9.17, 15) is 14.0 Å². The number of carbonyl (C=O) groups is 2. The van der Waals surface area contributed by atoms with E-state index in [0.717, 1.165) is 32.4 Å². The lowest BCUT2D eigenvalue weighted by Crippen LogP contribution is -2.37. The van der Waals surface area contributed by atoms with Crippen molar-refractivity contribution in [2.24, 2.45) is 0 Å². The summed E-state index contributed by atoms with van der Waals surface area (Å²) in [5.41, 5.74) is 0.191. The highest BCUT2D eigenvalue weighted by Crippen LogP contribution is 2.16. The average Bonchev–Trinajstić information content (AvgIpc) is 2.74. The third-order valence-electron chi connectivity index (χ3n) is 4.31. The van der Waals surface area contributed by atoms with E-state index in [1.54, 1.807) is 12.1 Å². The van der Waals surface area contributed by atoms with Crippen LogP contribution in [0.25, 0.3) is 0 Å². The smallest absolute Gasteiger partial charge is 0.317 e. The largest absolute Gasteiger partial charge is 0.480 e. The van der Waals surface area contributed by atoms with Crippen molar-refractivity contribution < 1.29 is 19.1 Å². The van der Waals surface area contributed by atoms with Crippen molar-refractivity contribution in [1.29, 1.82) is 0 Å². The van der Waals surface area contributed by atoms with Gasteiger partial charge in [-0.1, -0.05) is 12.1 Å². The van der Waals surface area contributed by atoms with Crippen molar-refractivity contribution in [3.63, 3.8) is 0 Å². The van der Waals surface area contributed by atoms with Crippen molar-refractivity contribution in [2.45, 2.75) is 25.3 Å². The maximum atomic E-state index is 13.6. The molecule has 140 valence electrons. The molecule has 1 aromatic carbocycles. The number of carbonyl (C=O) groups excluding carboxylic acids is 1. The summed E-state index contributed by atoms with van der Waals surface area (Å²) in [5.74, 6) is -1.52. The predicted molar refractivity (Wildman–Crippen MR) is 96.6 cm³/mol. The van der Waals surface area contributed by atoms with Crippen molar-refractivity contribution in [2.75, 3.05) is 38.5 Å². The number of likely N-dealkylation sites (N-methyl/N-ethyl adjacent to an activating group) is 1. The van der Waals surface area contributed by atoms with Crippen LogP contribution >= 0.6 is 12.4 Å². The molecule has 1 heterocycles. The lowest BCUT2D eigenvalue weighted by atomic mass is 10.1. The molecular formula is C17H25ClFN3O3. The number of anilines is 1. The van der Waals surface area contributed by atoms with Crippen molar-refractivity contribution in [3.8, 4) is 0 Å². The predicted octanol–water partition coefficient (Wildman–Crippen LogP) is 2.06. The van der Waals surface area contributed by atoms with Gasteiger partial charge in [-0.15, -0.1) is 12.4 Å². The lowest BCUT2D eigenvalue weighted by molar-refractivity contribution is -0.138. The molecule has 1 amide bonds. The van der Waals surface area contributed by atoms with E-state index in [1.165, 1.54) is 12.1 Å². The van der Waals surface area contributed by atoms with Crippen LogP contribution in [-0.4, -0.2) is 66.1 Å². The Kier molecular flexibility index (Phi) is 8.82. The molecule has 1 aromatic rings. The first-order chi connectivity index (χ1) is 11.5. The van der Waals surface area contributed by atoms with E-state index in [2.05, 4.69) is 5.32 Å². The summed E-state index contributed by atoms with van der Waals surface area (Å²) in [6.07, 6.45) is 2.63. The van der Waals surface area contributed by atoms with E-state index in [1.807, 2.05) is 16.8 Å². The maximum absolute atomic E-state index is 13.6. The summed E-state index contributed by atoms with van der Waals surface area (Å²) < 4.78 is 13.6. The molecule has 1 atom stereocenters. The minimum atomic E-state index is -0.831. The molecule has 0 aromatic heterocycles. The molecule has 1 aliphatic rings. The van der Waals surface area contributed by atoms with Gasteiger partial charge in [0.25, 0.3) is 0 Å². The second-order valence-corrected chi connectivity index (χ2v) is 6.20. The molecule has 1 fully saturated rings. The first kappa shape index (κ1) is 21.3. The maximum Gasteiger partial charge on any atom is 0.317 e. The molecule has 0 saturated carbocycles. The van der Waals surface area contributed by atoms with Gasteiger partial charge in [0.05, 0.1) is 18.8 Å². The molecule has 1 saturated heterocycles. The average molecular weight is 374 g/mol. The van der Waals surface area contributed by atoms with Crippen molar-refractivity contribution in [3.05, 3.63) is 30.1 Å². The van der Waals surface area contributed by atoms with Gasteiger partial charge in [-0.2, -0.15) is 0 Å². The zero-order chi connectivity index (χ0) is 17.5. The third kappa shape index (κ3) is 6.97. The number of nitrogens with one attached hydrogen (secondary N) is 1. The summed E-state index contributed by atoms with van der Waals surface area (Å²) in [4.78, 5) is 26.8. The van der Waals surface area contributed by atoms with Crippen LogP contribution < -0.4 is 5.32 Å². The van der Waals surface area contributed by atoms with Gasteiger partial charge in [0.15, 0.2) is 0 Å². The van der Waals surface area contributed by atoms with Crippen LogP contribution in [0.1, 0.15) is 19.3 Å². The Balaban J connectivity index is 0.00000312. The quantitative estimate of drug-likeness (QED) is 0.798. The number of nitrogens with zero attached hydrogens (tertiary/aromatic N) is 2. The van der Waals surface area contributed by atoms with Gasteiger partial charge in [-0.3, -0.25) is 19.4 Å². The van der Waals surface area contributed by atoms with Crippen LogP contribution in [0.4, 0.5) is 10.1 Å². The molecule has 0 aliphatic carbocycles. The van der Waals surface area contributed by atoms with Crippen LogP contribution in [0.2, 0.25) is 0 Å². The number of para-hydroxylation sites is 1. The van der Waals surface area contributed by atoms with Crippen LogP contribution in [0, 0.1) is 5.82 Å². The Morgan fingerprint density at radius 2 is 2.04 bits per heavy atom. The number of carboxylic acid groups (broad SMARTS) is 1. The molecule has 8 heteroatoms. The SMILES string of the molecule is CN(CC(=O)O)C1CCCN(CC(=O)Nc2ccccc2F)CC1.Cl. The molecule has 25 heavy (non-hydrogen) atoms. The summed E-state index contributed by atoms with van der Waals surface area (Å²) in [6, 6.07) is 6.30. The number of likely N-dealkylation sites (tertiary alicyclic amines) is 1. The highest BCUT2D eigenvalue weighted by molar-refractivity contribution is 5.92. The minimum absolute atomic E-state index is 0. The summed E-state index contributed by atoms with van der Waals surface area (Å²) in [6.45, 7) is 1.74. The third-order valence-corrected chi connectivity index (χ3v) is 4.31. The minimum Gasteiger partial charge on any atom is -0.480 e. The lowest BCUT2D eigenvalue weighted by Gasteiger charge is -2.25. The van der Waals surface area contributed by atoms with Crippen LogP contribution in [-0.2, 0) is 9.59 Å².